The lowest BCUT2D eigenvalue weighted by Crippen LogP contribution is -2.62. The van der Waals surface area contributed by atoms with Crippen LogP contribution in [0.3, 0.4) is 0 Å². The van der Waals surface area contributed by atoms with E-state index < -0.39 is 16.6 Å². The Hall–Kier alpha value is -1.67. The van der Waals surface area contributed by atoms with Gasteiger partial charge in [0.2, 0.25) is 5.91 Å². The van der Waals surface area contributed by atoms with Gasteiger partial charge in [0.05, 0.1) is 11.0 Å². The number of thiophene rings is 1. The van der Waals surface area contributed by atoms with Gasteiger partial charge in [-0.15, -0.1) is 11.3 Å². The summed E-state index contributed by atoms with van der Waals surface area (Å²) in [6, 6.07) is 1.38. The van der Waals surface area contributed by atoms with Gasteiger partial charge in [-0.05, 0) is 20.8 Å². The van der Waals surface area contributed by atoms with Crippen LogP contribution in [0.15, 0.2) is 6.07 Å². The predicted molar refractivity (Wildman–Crippen MR) is 76.0 cm³/mol. The summed E-state index contributed by atoms with van der Waals surface area (Å²) in [6.45, 7) is 5.97. The Bertz CT molecular complexity index is 553. The fourth-order valence-corrected chi connectivity index (χ4v) is 3.41. The summed E-state index contributed by atoms with van der Waals surface area (Å²) in [4.78, 5) is 24.9. The second-order valence-corrected chi connectivity index (χ2v) is 6.30. The average molecular weight is 299 g/mol. The van der Waals surface area contributed by atoms with Gasteiger partial charge in [-0.25, -0.2) is 0 Å². The van der Waals surface area contributed by atoms with E-state index >= 15 is 0 Å². The van der Waals surface area contributed by atoms with Crippen LogP contribution in [-0.4, -0.2) is 34.6 Å². The van der Waals surface area contributed by atoms with E-state index in [2.05, 4.69) is 5.32 Å². The van der Waals surface area contributed by atoms with E-state index in [1.165, 1.54) is 6.07 Å². The topological polar surface area (TPSA) is 95.7 Å². The molecule has 0 aromatic carbocycles. The number of carbonyl (C=O) groups excluding carboxylic acids is 1. The molecule has 1 aromatic heterocycles. The minimum atomic E-state index is -0.857. The Kier molecular flexibility index (Phi) is 3.70. The number of nitro groups is 1. The van der Waals surface area contributed by atoms with Crippen LogP contribution in [0.5, 0.6) is 0 Å². The molecule has 1 aliphatic rings. The molecule has 20 heavy (non-hydrogen) atoms. The van der Waals surface area contributed by atoms with Crippen LogP contribution in [0, 0.1) is 10.1 Å². The van der Waals surface area contributed by atoms with Crippen molar-refractivity contribution in [1.82, 2.24) is 5.32 Å². The van der Waals surface area contributed by atoms with Crippen molar-refractivity contribution in [3.8, 4) is 0 Å². The first-order chi connectivity index (χ1) is 9.25. The minimum absolute atomic E-state index is 0.0614. The molecule has 2 N–H and O–H groups in total. The molecule has 0 radical (unpaired) electrons. The third kappa shape index (κ3) is 2.36. The van der Waals surface area contributed by atoms with Crippen LogP contribution in [0.2, 0.25) is 0 Å². The van der Waals surface area contributed by atoms with Gasteiger partial charge in [-0.2, -0.15) is 0 Å². The van der Waals surface area contributed by atoms with Gasteiger partial charge in [0, 0.05) is 24.0 Å². The molecule has 0 saturated carbocycles. The first-order valence-corrected chi connectivity index (χ1v) is 7.09. The molecule has 0 bridgehead atoms. The molecule has 1 saturated heterocycles. The maximum atomic E-state index is 12.0. The van der Waals surface area contributed by atoms with Gasteiger partial charge in [0.25, 0.3) is 0 Å². The van der Waals surface area contributed by atoms with E-state index in [4.69, 9.17) is 0 Å². The quantitative estimate of drug-likeness (QED) is 0.650. The highest BCUT2D eigenvalue weighted by atomic mass is 32.1. The summed E-state index contributed by atoms with van der Waals surface area (Å²) in [5, 5.41) is 24.0. The Morgan fingerprint density at radius 2 is 2.25 bits per heavy atom. The molecule has 1 amide bonds. The summed E-state index contributed by atoms with van der Waals surface area (Å²) in [5.74, 6) is -0.162. The molecule has 8 heteroatoms. The maximum absolute atomic E-state index is 12.0. The minimum Gasteiger partial charge on any atom is -0.388 e. The Labute approximate surface area is 120 Å². The maximum Gasteiger partial charge on any atom is 0.304 e. The number of aliphatic hydroxyl groups excluding tert-OH is 1. The van der Waals surface area contributed by atoms with Crippen molar-refractivity contribution in [1.29, 1.82) is 0 Å². The van der Waals surface area contributed by atoms with Crippen LogP contribution in [0.1, 0.15) is 31.8 Å². The number of nitrogens with one attached hydrogen (secondary N) is 1. The number of carbonyl (C=O) groups is 1. The Morgan fingerprint density at radius 1 is 1.60 bits per heavy atom. The van der Waals surface area contributed by atoms with Crippen molar-refractivity contribution in [2.24, 2.45) is 0 Å². The zero-order valence-electron chi connectivity index (χ0n) is 11.5. The average Bonchev–Trinajstić information content (AvgIpc) is 2.77. The molecule has 110 valence electrons. The zero-order valence-corrected chi connectivity index (χ0v) is 12.4. The van der Waals surface area contributed by atoms with Gasteiger partial charge >= 0.3 is 5.69 Å². The molecule has 7 nitrogen and oxygen atoms in total. The number of hydrogen-bond donors (Lipinski definition) is 2. The van der Waals surface area contributed by atoms with E-state index in [1.54, 1.807) is 25.7 Å². The lowest BCUT2D eigenvalue weighted by molar-refractivity contribution is -0.383. The number of aliphatic hydroxyl groups is 1. The van der Waals surface area contributed by atoms with Crippen LogP contribution < -0.4 is 10.2 Å². The van der Waals surface area contributed by atoms with Crippen LogP contribution in [-0.2, 0) is 4.79 Å². The summed E-state index contributed by atoms with van der Waals surface area (Å²) < 4.78 is 0. The van der Waals surface area contributed by atoms with Gasteiger partial charge < -0.3 is 15.3 Å². The van der Waals surface area contributed by atoms with Crippen LogP contribution in [0.25, 0.3) is 0 Å². The molecule has 1 aromatic rings. The summed E-state index contributed by atoms with van der Waals surface area (Å²) in [5.41, 5.74) is -0.919. The molecule has 0 spiro atoms. The van der Waals surface area contributed by atoms with Gasteiger partial charge in [0.15, 0.2) is 5.00 Å². The fourth-order valence-electron chi connectivity index (χ4n) is 2.17. The van der Waals surface area contributed by atoms with Crippen molar-refractivity contribution in [3.05, 3.63) is 21.1 Å². The largest absolute Gasteiger partial charge is 0.388 e. The number of anilines is 1. The zero-order chi connectivity index (χ0) is 15.1. The summed E-state index contributed by atoms with van der Waals surface area (Å²) in [7, 11) is 0. The van der Waals surface area contributed by atoms with Crippen LogP contribution in [0.4, 0.5) is 10.7 Å². The summed E-state index contributed by atoms with van der Waals surface area (Å²) in [6.07, 6.45) is -0.769. The van der Waals surface area contributed by atoms with Crippen LogP contribution >= 0.6 is 11.3 Å². The Morgan fingerprint density at radius 3 is 2.80 bits per heavy atom. The lowest BCUT2D eigenvalue weighted by atomic mass is 9.99. The van der Waals surface area contributed by atoms with Crippen molar-refractivity contribution in [3.63, 3.8) is 0 Å². The molecule has 1 atom stereocenters. The second kappa shape index (κ2) is 5.02. The van der Waals surface area contributed by atoms with Crippen molar-refractivity contribution >= 4 is 27.9 Å². The van der Waals surface area contributed by atoms with Gasteiger partial charge in [-0.3, -0.25) is 14.9 Å². The Balaban J connectivity index is 2.50. The molecule has 2 rings (SSSR count). The summed E-state index contributed by atoms with van der Waals surface area (Å²) >= 11 is 1.16. The molecule has 0 unspecified atom stereocenters. The van der Waals surface area contributed by atoms with E-state index in [9.17, 15) is 20.0 Å². The molecule has 0 aliphatic carbocycles. The van der Waals surface area contributed by atoms with Crippen molar-refractivity contribution in [2.75, 3.05) is 18.0 Å². The molecule has 1 aliphatic heterocycles. The molecular formula is C12H17N3O4S. The highest BCUT2D eigenvalue weighted by molar-refractivity contribution is 7.16. The standard InChI is InChI=1S/C12H17N3O4S/c1-7(16)9-6-8(15(18)19)10(20-9)14-5-4-13-11(17)12(14,2)3/h6-7,16H,4-5H2,1-3H3,(H,13,17)/t7-/m0/s1. The van der Waals surface area contributed by atoms with Crippen molar-refractivity contribution in [2.45, 2.75) is 32.4 Å². The van der Waals surface area contributed by atoms with E-state index in [1.807, 2.05) is 0 Å². The molecule has 1 fully saturated rings. The highest BCUT2D eigenvalue weighted by Crippen LogP contribution is 2.43. The smallest absolute Gasteiger partial charge is 0.304 e. The monoisotopic (exact) mass is 299 g/mol. The number of rotatable bonds is 3. The SMILES string of the molecule is C[C@H](O)c1cc([N+](=O)[O-])c(N2CCNC(=O)C2(C)C)s1. The number of piperazine rings is 1. The van der Waals surface area contributed by atoms with Gasteiger partial charge in [0.1, 0.15) is 5.54 Å². The first kappa shape index (κ1) is 14.7. The van der Waals surface area contributed by atoms with E-state index in [-0.39, 0.29) is 11.6 Å². The predicted octanol–water partition coefficient (Wildman–Crippen LogP) is 1.42. The number of amides is 1. The number of nitrogens with zero attached hydrogens (tertiary/aromatic N) is 2. The highest BCUT2D eigenvalue weighted by Gasteiger charge is 2.41. The fraction of sp³-hybridized carbons (Fsp3) is 0.583. The van der Waals surface area contributed by atoms with Gasteiger partial charge in [-0.1, -0.05) is 0 Å². The first-order valence-electron chi connectivity index (χ1n) is 6.27. The number of hydrogen-bond acceptors (Lipinski definition) is 6. The molecule has 2 heterocycles. The normalized spacial score (nSPS) is 19.6. The third-order valence-corrected chi connectivity index (χ3v) is 4.74. The van der Waals surface area contributed by atoms with E-state index in [0.717, 1.165) is 11.3 Å². The second-order valence-electron chi connectivity index (χ2n) is 5.24. The third-order valence-electron chi connectivity index (χ3n) is 3.42. The van der Waals surface area contributed by atoms with E-state index in [0.29, 0.717) is 23.0 Å². The lowest BCUT2D eigenvalue weighted by Gasteiger charge is -2.41. The van der Waals surface area contributed by atoms with Crippen molar-refractivity contribution < 1.29 is 14.8 Å². The molecular weight excluding hydrogens is 282 g/mol.